The van der Waals surface area contributed by atoms with Crippen molar-refractivity contribution in [2.75, 3.05) is 19.6 Å². The van der Waals surface area contributed by atoms with Crippen molar-refractivity contribution in [1.82, 2.24) is 14.5 Å². The number of piperidine rings is 1. The number of benzene rings is 1. The van der Waals surface area contributed by atoms with E-state index in [0.29, 0.717) is 18.9 Å². The Morgan fingerprint density at radius 3 is 2.72 bits per heavy atom. The van der Waals surface area contributed by atoms with Gasteiger partial charge in [0.1, 0.15) is 5.67 Å². The van der Waals surface area contributed by atoms with Gasteiger partial charge in [-0.15, -0.1) is 0 Å². The summed E-state index contributed by atoms with van der Waals surface area (Å²) in [6.45, 7) is 2.28. The molecule has 0 radical (unpaired) electrons. The lowest BCUT2D eigenvalue weighted by molar-refractivity contribution is 0.0517. The summed E-state index contributed by atoms with van der Waals surface area (Å²) in [5, 5.41) is 0. The number of likely N-dealkylation sites (tertiary alicyclic amines) is 1. The number of nitrogens with zero attached hydrogens (tertiary/aromatic N) is 2. The lowest BCUT2D eigenvalue weighted by atomic mass is 9.89. The van der Waals surface area contributed by atoms with Crippen molar-refractivity contribution < 1.29 is 4.39 Å². The molecule has 25 heavy (non-hydrogen) atoms. The third kappa shape index (κ3) is 2.48. The molecule has 132 valence electrons. The molecule has 0 spiro atoms. The van der Waals surface area contributed by atoms with Crippen LogP contribution in [0.15, 0.2) is 41.2 Å². The van der Waals surface area contributed by atoms with E-state index in [4.69, 9.17) is 0 Å². The molecule has 2 heterocycles. The minimum absolute atomic E-state index is 0.0279. The third-order valence-corrected chi connectivity index (χ3v) is 6.47. The van der Waals surface area contributed by atoms with Crippen LogP contribution in [-0.2, 0) is 0 Å². The largest absolute Gasteiger partial charge is 0.326 e. The summed E-state index contributed by atoms with van der Waals surface area (Å²) in [5.41, 5.74) is 0.807. The highest BCUT2D eigenvalue weighted by molar-refractivity contribution is 5.75. The Bertz CT molecular complexity index is 876. The van der Waals surface area contributed by atoms with Crippen molar-refractivity contribution in [2.45, 2.75) is 37.4 Å². The summed E-state index contributed by atoms with van der Waals surface area (Å²) in [4.78, 5) is 17.6. The van der Waals surface area contributed by atoms with Gasteiger partial charge in [-0.05, 0) is 43.7 Å². The number of allylic oxidation sites excluding steroid dienone is 2. The van der Waals surface area contributed by atoms with Gasteiger partial charge in [0.25, 0.3) is 0 Å². The maximum Gasteiger partial charge on any atom is 0.326 e. The Kier molecular flexibility index (Phi) is 3.42. The van der Waals surface area contributed by atoms with Crippen molar-refractivity contribution in [3.8, 4) is 0 Å². The first-order chi connectivity index (χ1) is 12.1. The summed E-state index contributed by atoms with van der Waals surface area (Å²) in [5.74, 6) is 0.573. The van der Waals surface area contributed by atoms with Crippen molar-refractivity contribution >= 4 is 11.0 Å². The lowest BCUT2D eigenvalue weighted by Gasteiger charge is -2.38. The summed E-state index contributed by atoms with van der Waals surface area (Å²) in [6, 6.07) is 8.05. The SMILES string of the molecule is O=c1[nH]c2ccccc2n1C1CCN(C[C@]2(F)C[C@H]3C=C[C@@H]2C3)CC1. The number of aromatic amines is 1. The Labute approximate surface area is 146 Å². The number of H-pyrrole nitrogens is 1. The maximum absolute atomic E-state index is 15.3. The van der Waals surface area contributed by atoms with Crippen LogP contribution in [0.1, 0.15) is 31.7 Å². The second-order valence-corrected chi connectivity index (χ2v) is 8.05. The summed E-state index contributed by atoms with van der Waals surface area (Å²) in [6.07, 6.45) is 7.78. The topological polar surface area (TPSA) is 41.0 Å². The van der Waals surface area contributed by atoms with Gasteiger partial charge in [0.05, 0.1) is 11.0 Å². The van der Waals surface area contributed by atoms with Gasteiger partial charge in [-0.1, -0.05) is 24.3 Å². The van der Waals surface area contributed by atoms with Gasteiger partial charge in [0, 0.05) is 31.6 Å². The van der Waals surface area contributed by atoms with Crippen LogP contribution < -0.4 is 5.69 Å². The molecule has 1 aliphatic heterocycles. The van der Waals surface area contributed by atoms with E-state index >= 15 is 4.39 Å². The molecule has 4 nitrogen and oxygen atoms in total. The van der Waals surface area contributed by atoms with E-state index in [1.54, 1.807) is 0 Å². The van der Waals surface area contributed by atoms with E-state index in [1.807, 2.05) is 28.8 Å². The predicted octanol–water partition coefficient (Wildman–Crippen LogP) is 3.27. The first-order valence-corrected chi connectivity index (χ1v) is 9.41. The van der Waals surface area contributed by atoms with E-state index in [1.165, 1.54) is 0 Å². The Hall–Kier alpha value is -1.88. The van der Waals surface area contributed by atoms with Gasteiger partial charge in [-0.25, -0.2) is 9.18 Å². The first kappa shape index (κ1) is 15.4. The number of alkyl halides is 1. The summed E-state index contributed by atoms with van der Waals surface area (Å²) < 4.78 is 17.2. The normalized spacial score (nSPS) is 32.8. The minimum atomic E-state index is -1.04. The number of para-hydroxylation sites is 2. The molecule has 1 aromatic carbocycles. The Morgan fingerprint density at radius 2 is 2.00 bits per heavy atom. The quantitative estimate of drug-likeness (QED) is 0.871. The molecule has 0 unspecified atom stereocenters. The average Bonchev–Trinajstić information content (AvgIpc) is 3.27. The van der Waals surface area contributed by atoms with E-state index in [9.17, 15) is 4.79 Å². The molecule has 1 saturated heterocycles. The van der Waals surface area contributed by atoms with Gasteiger partial charge in [-0.3, -0.25) is 9.47 Å². The van der Waals surface area contributed by atoms with Gasteiger partial charge < -0.3 is 4.98 Å². The van der Waals surface area contributed by atoms with Gasteiger partial charge >= 0.3 is 5.69 Å². The number of rotatable bonds is 3. The van der Waals surface area contributed by atoms with Crippen LogP contribution in [0.2, 0.25) is 0 Å². The number of hydrogen-bond acceptors (Lipinski definition) is 2. The molecule has 1 saturated carbocycles. The second-order valence-electron chi connectivity index (χ2n) is 8.05. The molecule has 2 bridgehead atoms. The van der Waals surface area contributed by atoms with Crippen LogP contribution in [0.3, 0.4) is 0 Å². The van der Waals surface area contributed by atoms with Crippen molar-refractivity contribution in [1.29, 1.82) is 0 Å². The van der Waals surface area contributed by atoms with Crippen LogP contribution in [0, 0.1) is 11.8 Å². The van der Waals surface area contributed by atoms with Gasteiger partial charge in [0.15, 0.2) is 0 Å². The number of fused-ring (bicyclic) bond motifs is 3. The molecule has 3 atom stereocenters. The maximum atomic E-state index is 15.3. The molecule has 5 rings (SSSR count). The fourth-order valence-electron chi connectivity index (χ4n) is 5.22. The highest BCUT2D eigenvalue weighted by atomic mass is 19.1. The number of halogens is 1. The van der Waals surface area contributed by atoms with E-state index in [2.05, 4.69) is 22.0 Å². The zero-order valence-electron chi connectivity index (χ0n) is 14.3. The molecule has 5 heteroatoms. The van der Waals surface area contributed by atoms with Gasteiger partial charge in [0.2, 0.25) is 0 Å². The minimum Gasteiger partial charge on any atom is -0.306 e. The summed E-state index contributed by atoms with van der Waals surface area (Å²) in [7, 11) is 0. The number of imidazole rings is 1. The molecule has 2 fully saturated rings. The van der Waals surface area contributed by atoms with Crippen LogP contribution in [0.4, 0.5) is 4.39 Å². The zero-order valence-corrected chi connectivity index (χ0v) is 14.3. The van der Waals surface area contributed by atoms with Gasteiger partial charge in [-0.2, -0.15) is 0 Å². The van der Waals surface area contributed by atoms with E-state index < -0.39 is 5.67 Å². The van der Waals surface area contributed by atoms with Crippen molar-refractivity contribution in [2.24, 2.45) is 11.8 Å². The fraction of sp³-hybridized carbons (Fsp3) is 0.550. The van der Waals surface area contributed by atoms with Crippen molar-refractivity contribution in [3.05, 3.63) is 46.9 Å². The molecular formula is C20H24FN3O. The number of nitrogens with one attached hydrogen (secondary N) is 1. The molecule has 1 aromatic heterocycles. The van der Waals surface area contributed by atoms with Crippen LogP contribution in [0.5, 0.6) is 0 Å². The Morgan fingerprint density at radius 1 is 1.20 bits per heavy atom. The van der Waals surface area contributed by atoms with Crippen LogP contribution >= 0.6 is 0 Å². The standard InChI is InChI=1S/C20H24FN3O/c21-20(12-14-5-6-15(20)11-14)13-23-9-7-16(8-10-23)24-18-4-2-1-3-17(18)22-19(24)25/h1-6,14-16H,7-13H2,(H,22,25)/t14-,15+,20+/m0/s1. The monoisotopic (exact) mass is 341 g/mol. The fourth-order valence-corrected chi connectivity index (χ4v) is 5.22. The Balaban J connectivity index is 1.29. The third-order valence-electron chi connectivity index (χ3n) is 6.47. The first-order valence-electron chi connectivity index (χ1n) is 9.41. The van der Waals surface area contributed by atoms with Crippen LogP contribution in [-0.4, -0.2) is 39.8 Å². The highest BCUT2D eigenvalue weighted by Gasteiger charge is 2.49. The molecule has 3 aliphatic rings. The average molecular weight is 341 g/mol. The molecule has 1 N–H and O–H groups in total. The highest BCUT2D eigenvalue weighted by Crippen LogP contribution is 2.49. The zero-order chi connectivity index (χ0) is 17.0. The predicted molar refractivity (Wildman–Crippen MR) is 96.5 cm³/mol. The molecular weight excluding hydrogens is 317 g/mol. The van der Waals surface area contributed by atoms with Crippen molar-refractivity contribution in [3.63, 3.8) is 0 Å². The lowest BCUT2D eigenvalue weighted by Crippen LogP contribution is -2.46. The summed E-state index contributed by atoms with van der Waals surface area (Å²) >= 11 is 0. The smallest absolute Gasteiger partial charge is 0.306 e. The number of aromatic nitrogens is 2. The second kappa shape index (κ2) is 5.56. The molecule has 2 aromatic rings. The van der Waals surface area contributed by atoms with Crippen LogP contribution in [0.25, 0.3) is 11.0 Å². The number of hydrogen-bond donors (Lipinski definition) is 1. The molecule has 0 amide bonds. The molecule has 2 aliphatic carbocycles. The van der Waals surface area contributed by atoms with E-state index in [-0.39, 0.29) is 17.6 Å². The van der Waals surface area contributed by atoms with E-state index in [0.717, 1.165) is 43.4 Å².